The second kappa shape index (κ2) is 6.40. The molecule has 2 heterocycles. The highest BCUT2D eigenvalue weighted by molar-refractivity contribution is 5.69. The van der Waals surface area contributed by atoms with Gasteiger partial charge in [-0.1, -0.05) is 12.1 Å². The van der Waals surface area contributed by atoms with Gasteiger partial charge < -0.3 is 19.9 Å². The first-order chi connectivity index (χ1) is 11.1. The number of aryl methyl sites for hydroxylation is 2. The van der Waals surface area contributed by atoms with E-state index in [1.165, 1.54) is 5.56 Å². The average molecular weight is 311 g/mol. The van der Waals surface area contributed by atoms with Crippen LogP contribution in [0.1, 0.15) is 11.1 Å². The highest BCUT2D eigenvalue weighted by atomic mass is 16.3. The van der Waals surface area contributed by atoms with E-state index in [2.05, 4.69) is 29.4 Å². The van der Waals surface area contributed by atoms with Crippen molar-refractivity contribution in [2.24, 2.45) is 0 Å². The molecule has 0 saturated carbocycles. The van der Waals surface area contributed by atoms with E-state index >= 15 is 0 Å². The van der Waals surface area contributed by atoms with Crippen LogP contribution in [0.5, 0.6) is 0 Å². The molecule has 1 aromatic carbocycles. The number of aliphatic hydroxyl groups is 2. The summed E-state index contributed by atoms with van der Waals surface area (Å²) in [5.74, 6) is 0. The number of nitrogens with zero attached hydrogens (tertiary/aromatic N) is 2. The van der Waals surface area contributed by atoms with Gasteiger partial charge in [0.25, 0.3) is 0 Å². The van der Waals surface area contributed by atoms with Crippen molar-refractivity contribution < 1.29 is 10.2 Å². The lowest BCUT2D eigenvalue weighted by Crippen LogP contribution is -2.23. The van der Waals surface area contributed by atoms with Crippen molar-refractivity contribution in [2.75, 3.05) is 18.5 Å². The lowest BCUT2D eigenvalue weighted by molar-refractivity contribution is 0.105. The first-order valence-electron chi connectivity index (χ1n) is 7.66. The van der Waals surface area contributed by atoms with E-state index in [1.54, 1.807) is 0 Å². The van der Waals surface area contributed by atoms with E-state index in [1.807, 2.05) is 41.9 Å². The van der Waals surface area contributed by atoms with Crippen LogP contribution in [-0.2, 0) is 0 Å². The molecule has 3 rings (SSSR count). The molecule has 120 valence electrons. The summed E-state index contributed by atoms with van der Waals surface area (Å²) in [6.07, 6.45) is 3.24. The Labute approximate surface area is 135 Å². The summed E-state index contributed by atoms with van der Waals surface area (Å²) in [5, 5.41) is 21.6. The summed E-state index contributed by atoms with van der Waals surface area (Å²) >= 11 is 0. The Morgan fingerprint density at radius 3 is 2.83 bits per heavy atom. The Hall–Kier alpha value is -2.37. The number of anilines is 1. The van der Waals surface area contributed by atoms with Gasteiger partial charge in [0.2, 0.25) is 0 Å². The van der Waals surface area contributed by atoms with Crippen LogP contribution in [0.3, 0.4) is 0 Å². The van der Waals surface area contributed by atoms with Gasteiger partial charge in [0.05, 0.1) is 18.4 Å². The molecule has 0 aliphatic rings. The zero-order valence-electron chi connectivity index (χ0n) is 13.3. The van der Waals surface area contributed by atoms with Gasteiger partial charge in [0.15, 0.2) is 0 Å². The Bertz CT molecular complexity index is 826. The van der Waals surface area contributed by atoms with Crippen molar-refractivity contribution in [1.82, 2.24) is 9.38 Å². The number of hydrogen-bond acceptors (Lipinski definition) is 4. The molecular formula is C18H21N3O2. The molecule has 1 atom stereocenters. The van der Waals surface area contributed by atoms with Gasteiger partial charge in [-0.05, 0) is 43.2 Å². The molecule has 3 N–H and O–H groups in total. The van der Waals surface area contributed by atoms with Crippen molar-refractivity contribution in [3.05, 3.63) is 53.9 Å². The number of hydrogen-bond donors (Lipinski definition) is 3. The third-order valence-electron chi connectivity index (χ3n) is 3.89. The van der Waals surface area contributed by atoms with E-state index in [0.717, 1.165) is 28.2 Å². The minimum absolute atomic E-state index is 0.252. The number of pyridine rings is 1. The molecule has 0 spiro atoms. The maximum atomic E-state index is 9.49. The minimum atomic E-state index is -0.767. The number of aromatic nitrogens is 2. The largest absolute Gasteiger partial charge is 0.394 e. The molecule has 2 aromatic heterocycles. The Morgan fingerprint density at radius 1 is 1.22 bits per heavy atom. The van der Waals surface area contributed by atoms with Crippen molar-refractivity contribution in [1.29, 1.82) is 0 Å². The van der Waals surface area contributed by atoms with Crippen LogP contribution >= 0.6 is 0 Å². The third-order valence-corrected chi connectivity index (χ3v) is 3.89. The number of aliphatic hydroxyl groups excluding tert-OH is 2. The molecule has 5 heteroatoms. The molecule has 1 unspecified atom stereocenters. The first-order valence-corrected chi connectivity index (χ1v) is 7.66. The smallest absolute Gasteiger partial charge is 0.137 e. The van der Waals surface area contributed by atoms with Gasteiger partial charge in [-0.15, -0.1) is 0 Å². The second-order valence-corrected chi connectivity index (χ2v) is 5.84. The van der Waals surface area contributed by atoms with Crippen LogP contribution in [0, 0.1) is 13.8 Å². The zero-order chi connectivity index (χ0) is 16.4. The van der Waals surface area contributed by atoms with Crippen LogP contribution in [0.4, 0.5) is 5.69 Å². The van der Waals surface area contributed by atoms with Crippen molar-refractivity contribution in [2.45, 2.75) is 20.0 Å². The minimum Gasteiger partial charge on any atom is -0.394 e. The molecule has 23 heavy (non-hydrogen) atoms. The first kappa shape index (κ1) is 15.5. The lowest BCUT2D eigenvalue weighted by Gasteiger charge is -2.13. The van der Waals surface area contributed by atoms with Gasteiger partial charge in [-0.2, -0.15) is 0 Å². The molecule has 0 amide bonds. The fourth-order valence-electron chi connectivity index (χ4n) is 2.49. The summed E-state index contributed by atoms with van der Waals surface area (Å²) in [5.41, 5.74) is 6.03. The molecule has 0 aliphatic heterocycles. The van der Waals surface area contributed by atoms with Gasteiger partial charge in [0, 0.05) is 30.2 Å². The van der Waals surface area contributed by atoms with Crippen molar-refractivity contribution >= 4 is 11.3 Å². The predicted octanol–water partition coefficient (Wildman–Crippen LogP) is 2.38. The lowest BCUT2D eigenvalue weighted by atomic mass is 10.1. The normalized spacial score (nSPS) is 12.5. The van der Waals surface area contributed by atoms with Crippen LogP contribution in [0.15, 0.2) is 42.7 Å². The number of nitrogens with one attached hydrogen (secondary N) is 1. The molecule has 0 fully saturated rings. The summed E-state index contributed by atoms with van der Waals surface area (Å²) in [6.45, 7) is 4.11. The van der Waals surface area contributed by atoms with E-state index in [9.17, 15) is 5.11 Å². The van der Waals surface area contributed by atoms with Crippen LogP contribution < -0.4 is 5.32 Å². The monoisotopic (exact) mass is 311 g/mol. The molecule has 0 saturated heterocycles. The van der Waals surface area contributed by atoms with Crippen molar-refractivity contribution in [3.63, 3.8) is 0 Å². The summed E-state index contributed by atoms with van der Waals surface area (Å²) in [4.78, 5) is 4.67. The third kappa shape index (κ3) is 3.36. The highest BCUT2D eigenvalue weighted by Crippen LogP contribution is 2.25. The standard InChI is InChI=1S/C18H21N3O2/c1-12-5-6-21-10-17(20-18(21)7-12)14-4-3-13(2)16(8-14)19-9-15(23)11-22/h3-8,10,15,19,22-23H,9,11H2,1-2H3. The SMILES string of the molecule is Cc1ccn2cc(-c3ccc(C)c(NCC(O)CO)c3)nc2c1. The maximum absolute atomic E-state index is 9.49. The van der Waals surface area contributed by atoms with E-state index in [4.69, 9.17) is 5.11 Å². The summed E-state index contributed by atoms with van der Waals surface area (Å²) in [7, 11) is 0. The molecule has 5 nitrogen and oxygen atoms in total. The molecular weight excluding hydrogens is 290 g/mol. The second-order valence-electron chi connectivity index (χ2n) is 5.84. The van der Waals surface area contributed by atoms with E-state index in [-0.39, 0.29) is 6.61 Å². The number of fused-ring (bicyclic) bond motifs is 1. The topological polar surface area (TPSA) is 69.8 Å². The Kier molecular flexibility index (Phi) is 4.32. The van der Waals surface area contributed by atoms with Crippen LogP contribution in [0.2, 0.25) is 0 Å². The number of rotatable bonds is 5. The molecule has 0 aliphatic carbocycles. The Balaban J connectivity index is 1.92. The predicted molar refractivity (Wildman–Crippen MR) is 91.7 cm³/mol. The van der Waals surface area contributed by atoms with E-state index in [0.29, 0.717) is 6.54 Å². The number of imidazole rings is 1. The average Bonchev–Trinajstić information content (AvgIpc) is 2.96. The van der Waals surface area contributed by atoms with Crippen LogP contribution in [-0.4, -0.2) is 38.9 Å². The van der Waals surface area contributed by atoms with Gasteiger partial charge in [0.1, 0.15) is 5.65 Å². The highest BCUT2D eigenvalue weighted by Gasteiger charge is 2.08. The fraction of sp³-hybridized carbons (Fsp3) is 0.278. The van der Waals surface area contributed by atoms with E-state index < -0.39 is 6.10 Å². The zero-order valence-corrected chi connectivity index (χ0v) is 13.3. The summed E-state index contributed by atoms with van der Waals surface area (Å²) in [6, 6.07) is 10.2. The van der Waals surface area contributed by atoms with Crippen molar-refractivity contribution in [3.8, 4) is 11.3 Å². The van der Waals surface area contributed by atoms with Gasteiger partial charge in [-0.25, -0.2) is 4.98 Å². The maximum Gasteiger partial charge on any atom is 0.137 e. The summed E-state index contributed by atoms with van der Waals surface area (Å²) < 4.78 is 2.00. The van der Waals surface area contributed by atoms with Gasteiger partial charge in [-0.3, -0.25) is 0 Å². The molecule has 0 bridgehead atoms. The van der Waals surface area contributed by atoms with Gasteiger partial charge >= 0.3 is 0 Å². The quantitative estimate of drug-likeness (QED) is 0.676. The molecule has 3 aromatic rings. The van der Waals surface area contributed by atoms with Crippen LogP contribution in [0.25, 0.3) is 16.9 Å². The number of benzene rings is 1. The molecule has 0 radical (unpaired) electrons. The fourth-order valence-corrected chi connectivity index (χ4v) is 2.49. The Morgan fingerprint density at radius 2 is 2.04 bits per heavy atom.